The molecule has 2 saturated heterocycles. The molecule has 9 heteroatoms. The highest BCUT2D eigenvalue weighted by molar-refractivity contribution is 7.90. The highest BCUT2D eigenvalue weighted by Gasteiger charge is 2.39. The molecule has 0 spiro atoms. The van der Waals surface area contributed by atoms with Gasteiger partial charge in [0, 0.05) is 32.8 Å². The number of nitrogens with zero attached hydrogens (tertiary/aromatic N) is 4. The van der Waals surface area contributed by atoms with Gasteiger partial charge < -0.3 is 9.80 Å². The van der Waals surface area contributed by atoms with E-state index in [2.05, 4.69) is 69.5 Å². The molecule has 1 amide bonds. The summed E-state index contributed by atoms with van der Waals surface area (Å²) >= 11 is 0. The number of hydrogen-bond acceptors (Lipinski definition) is 7. The second-order valence-electron chi connectivity index (χ2n) is 11.5. The van der Waals surface area contributed by atoms with E-state index in [4.69, 9.17) is 0 Å². The number of pyridine rings is 2. The van der Waals surface area contributed by atoms with Gasteiger partial charge in [-0.15, -0.1) is 0 Å². The van der Waals surface area contributed by atoms with Crippen molar-refractivity contribution in [1.82, 2.24) is 14.7 Å². The van der Waals surface area contributed by atoms with Gasteiger partial charge >= 0.3 is 0 Å². The number of aromatic nitrogens is 2. The average Bonchev–Trinajstić information content (AvgIpc) is 3.20. The molecule has 0 bridgehead atoms. The Morgan fingerprint density at radius 2 is 1.87 bits per heavy atom. The van der Waals surface area contributed by atoms with Crippen molar-refractivity contribution < 1.29 is 14.6 Å². The molecule has 2 unspecified atom stereocenters. The molecule has 0 aliphatic carbocycles. The van der Waals surface area contributed by atoms with Crippen LogP contribution in [0, 0.1) is 11.8 Å². The average molecular weight is 550 g/mol. The van der Waals surface area contributed by atoms with E-state index in [9.17, 15) is 13.2 Å². The fourth-order valence-electron chi connectivity index (χ4n) is 6.09. The number of amides is 1. The van der Waals surface area contributed by atoms with Gasteiger partial charge in [-0.25, -0.2) is 14.7 Å². The molecule has 1 N–H and O–H groups in total. The maximum Gasteiger partial charge on any atom is 0.281 e. The van der Waals surface area contributed by atoms with Crippen LogP contribution in [0.1, 0.15) is 57.4 Å². The SMILES string of the molecule is CC1CN(c2ncccc2C(=O)NS(=O)(=O)c2cccc(N3CCCC(Cc4ccccc4)C3)n2)C(C)(C)C1.[HH]. The van der Waals surface area contributed by atoms with Gasteiger partial charge in [-0.05, 0) is 81.2 Å². The number of carbonyl (C=O) groups is 1. The predicted molar refractivity (Wildman–Crippen MR) is 156 cm³/mol. The Labute approximate surface area is 233 Å². The van der Waals surface area contributed by atoms with Crippen LogP contribution in [0.3, 0.4) is 0 Å². The Bertz CT molecular complexity index is 1430. The van der Waals surface area contributed by atoms with E-state index in [1.54, 1.807) is 24.4 Å². The lowest BCUT2D eigenvalue weighted by Gasteiger charge is -2.34. The zero-order valence-electron chi connectivity index (χ0n) is 22.9. The summed E-state index contributed by atoms with van der Waals surface area (Å²) in [5.41, 5.74) is 1.35. The van der Waals surface area contributed by atoms with Gasteiger partial charge in [-0.1, -0.05) is 43.3 Å². The fourth-order valence-corrected chi connectivity index (χ4v) is 7.02. The molecule has 0 radical (unpaired) electrons. The first-order valence-corrected chi connectivity index (χ1v) is 15.2. The molecule has 0 saturated carbocycles. The second kappa shape index (κ2) is 11.0. The summed E-state index contributed by atoms with van der Waals surface area (Å²) in [6, 6.07) is 18.6. The van der Waals surface area contributed by atoms with Crippen LogP contribution in [0.25, 0.3) is 0 Å². The lowest BCUT2D eigenvalue weighted by atomic mass is 9.91. The summed E-state index contributed by atoms with van der Waals surface area (Å²) in [5.74, 6) is 1.30. The van der Waals surface area contributed by atoms with Crippen molar-refractivity contribution in [3.8, 4) is 0 Å². The van der Waals surface area contributed by atoms with E-state index in [0.29, 0.717) is 23.5 Å². The number of hydrogen-bond donors (Lipinski definition) is 1. The molecule has 5 rings (SSSR count). The summed E-state index contributed by atoms with van der Waals surface area (Å²) in [5, 5.41) is -0.168. The summed E-state index contributed by atoms with van der Waals surface area (Å²) in [7, 11) is -4.19. The van der Waals surface area contributed by atoms with Crippen LogP contribution in [-0.4, -0.2) is 49.5 Å². The van der Waals surface area contributed by atoms with Crippen LogP contribution in [0.5, 0.6) is 0 Å². The van der Waals surface area contributed by atoms with Crippen molar-refractivity contribution in [1.29, 1.82) is 0 Å². The Kier molecular flexibility index (Phi) is 7.62. The van der Waals surface area contributed by atoms with E-state index in [0.717, 1.165) is 45.3 Å². The molecule has 4 heterocycles. The molecule has 2 aromatic heterocycles. The summed E-state index contributed by atoms with van der Waals surface area (Å²) in [6.45, 7) is 8.77. The van der Waals surface area contributed by atoms with Gasteiger partial charge in [0.25, 0.3) is 15.9 Å². The number of benzene rings is 1. The molecule has 2 aliphatic heterocycles. The van der Waals surface area contributed by atoms with Crippen molar-refractivity contribution in [2.75, 3.05) is 29.4 Å². The summed E-state index contributed by atoms with van der Waals surface area (Å²) in [6.07, 6.45) is 5.71. The van der Waals surface area contributed by atoms with Gasteiger partial charge in [0.1, 0.15) is 11.6 Å². The Balaban J connectivity index is 0.00000370. The molecular weight excluding hydrogens is 510 g/mol. The lowest BCUT2D eigenvalue weighted by molar-refractivity contribution is 0.0981. The predicted octanol–water partition coefficient (Wildman–Crippen LogP) is 4.93. The summed E-state index contributed by atoms with van der Waals surface area (Å²) in [4.78, 5) is 26.5. The normalized spacial score (nSPS) is 21.1. The van der Waals surface area contributed by atoms with Crippen LogP contribution in [0.2, 0.25) is 0 Å². The largest absolute Gasteiger partial charge is 0.356 e. The molecule has 1 aromatic carbocycles. The highest BCUT2D eigenvalue weighted by Crippen LogP contribution is 2.37. The minimum Gasteiger partial charge on any atom is -0.356 e. The molecular formula is C30H39N5O3S. The topological polar surface area (TPSA) is 95.5 Å². The third kappa shape index (κ3) is 6.08. The van der Waals surface area contributed by atoms with Crippen molar-refractivity contribution in [2.24, 2.45) is 11.8 Å². The molecule has 39 heavy (non-hydrogen) atoms. The molecule has 208 valence electrons. The van der Waals surface area contributed by atoms with Crippen molar-refractivity contribution in [3.05, 3.63) is 78.0 Å². The molecule has 8 nitrogen and oxygen atoms in total. The maximum atomic E-state index is 13.3. The van der Waals surface area contributed by atoms with Gasteiger partial charge in [-0.2, -0.15) is 8.42 Å². The Morgan fingerprint density at radius 1 is 1.08 bits per heavy atom. The second-order valence-corrected chi connectivity index (χ2v) is 13.1. The summed E-state index contributed by atoms with van der Waals surface area (Å²) < 4.78 is 28.9. The standard InChI is InChI=1S/C30H37N5O3S.H2/c1-22-19-30(2,3)35(20-22)28-25(13-8-16-31-28)29(36)33-39(37,38)27-15-7-14-26(32-27)34-17-9-12-24(21-34)18-23-10-5-4-6-11-23;/h4-8,10-11,13-16,22,24H,9,12,17-21H2,1-3H3,(H,33,36);1H. The molecule has 3 aromatic rings. The number of nitrogens with one attached hydrogen (secondary N) is 1. The van der Waals surface area contributed by atoms with E-state index in [-0.39, 0.29) is 17.6 Å². The van der Waals surface area contributed by atoms with Gasteiger partial charge in [0.15, 0.2) is 5.03 Å². The number of anilines is 2. The van der Waals surface area contributed by atoms with E-state index < -0.39 is 15.9 Å². The number of carbonyl (C=O) groups excluding carboxylic acids is 1. The van der Waals surface area contributed by atoms with E-state index in [1.807, 2.05) is 12.1 Å². The Morgan fingerprint density at radius 3 is 2.62 bits per heavy atom. The van der Waals surface area contributed by atoms with Gasteiger partial charge in [0.05, 0.1) is 5.56 Å². The van der Waals surface area contributed by atoms with E-state index >= 15 is 0 Å². The smallest absolute Gasteiger partial charge is 0.281 e. The number of piperidine rings is 1. The monoisotopic (exact) mass is 549 g/mol. The maximum absolute atomic E-state index is 13.3. The van der Waals surface area contributed by atoms with Crippen LogP contribution < -0.4 is 14.5 Å². The first-order valence-electron chi connectivity index (χ1n) is 13.7. The van der Waals surface area contributed by atoms with Crippen LogP contribution >= 0.6 is 0 Å². The number of rotatable bonds is 7. The molecule has 2 atom stereocenters. The minimum absolute atomic E-state index is 0. The molecule has 2 aliphatic rings. The highest BCUT2D eigenvalue weighted by atomic mass is 32.2. The van der Waals surface area contributed by atoms with Crippen molar-refractivity contribution in [3.63, 3.8) is 0 Å². The fraction of sp³-hybridized carbons (Fsp3) is 0.433. The quantitative estimate of drug-likeness (QED) is 0.447. The van der Waals surface area contributed by atoms with Crippen LogP contribution in [0.4, 0.5) is 11.6 Å². The first-order chi connectivity index (χ1) is 18.6. The Hall–Kier alpha value is -3.46. The number of sulfonamides is 1. The zero-order valence-corrected chi connectivity index (χ0v) is 23.7. The zero-order chi connectivity index (χ0) is 27.6. The third-order valence-electron chi connectivity index (χ3n) is 7.78. The van der Waals surface area contributed by atoms with Gasteiger partial charge in [0.2, 0.25) is 0 Å². The van der Waals surface area contributed by atoms with Crippen LogP contribution in [-0.2, 0) is 16.4 Å². The first kappa shape index (κ1) is 27.1. The van der Waals surface area contributed by atoms with E-state index in [1.165, 1.54) is 11.6 Å². The van der Waals surface area contributed by atoms with Crippen LogP contribution in [0.15, 0.2) is 71.9 Å². The van der Waals surface area contributed by atoms with Gasteiger partial charge in [-0.3, -0.25) is 4.79 Å². The minimum atomic E-state index is -4.19. The van der Waals surface area contributed by atoms with Crippen molar-refractivity contribution in [2.45, 2.75) is 57.0 Å². The third-order valence-corrected chi connectivity index (χ3v) is 9.01. The lowest BCUT2D eigenvalue weighted by Crippen LogP contribution is -2.41. The van der Waals surface area contributed by atoms with Crippen molar-refractivity contribution >= 4 is 27.6 Å². The molecule has 2 fully saturated rings.